The Balaban J connectivity index is 1.37. The average molecular weight is 484 g/mol. The zero-order chi connectivity index (χ0) is 23.6. The molecule has 33 heavy (non-hydrogen) atoms. The van der Waals surface area contributed by atoms with Crippen LogP contribution in [0.1, 0.15) is 12.8 Å². The van der Waals surface area contributed by atoms with Gasteiger partial charge >= 0.3 is 0 Å². The van der Waals surface area contributed by atoms with Gasteiger partial charge in [0.2, 0.25) is 15.9 Å². The molecule has 4 rings (SSSR count). The SMILES string of the molecule is O=C(Nc1ccc(N2CCOCC2)c(F)c1)C1CCN(S(=O)(=O)c2cc(F)ccc2F)CC1. The van der Waals surface area contributed by atoms with Crippen LogP contribution in [0.5, 0.6) is 0 Å². The van der Waals surface area contributed by atoms with Crippen LogP contribution in [0.25, 0.3) is 0 Å². The van der Waals surface area contributed by atoms with Gasteiger partial charge < -0.3 is 15.0 Å². The highest BCUT2D eigenvalue weighted by Crippen LogP contribution is 2.28. The van der Waals surface area contributed by atoms with Gasteiger partial charge in [0.25, 0.3) is 0 Å². The number of amides is 1. The highest BCUT2D eigenvalue weighted by atomic mass is 32.2. The summed E-state index contributed by atoms with van der Waals surface area (Å²) in [6.45, 7) is 2.20. The van der Waals surface area contributed by atoms with Crippen molar-refractivity contribution in [1.29, 1.82) is 0 Å². The second-order valence-electron chi connectivity index (χ2n) is 8.01. The van der Waals surface area contributed by atoms with Crippen molar-refractivity contribution in [2.75, 3.05) is 49.6 Å². The number of nitrogens with one attached hydrogen (secondary N) is 1. The molecule has 11 heteroatoms. The maximum absolute atomic E-state index is 14.6. The fourth-order valence-corrected chi connectivity index (χ4v) is 5.61. The third-order valence-electron chi connectivity index (χ3n) is 5.90. The number of halogens is 3. The zero-order valence-electron chi connectivity index (χ0n) is 17.8. The quantitative estimate of drug-likeness (QED) is 0.708. The minimum absolute atomic E-state index is 0.0132. The second kappa shape index (κ2) is 9.70. The number of carbonyl (C=O) groups excluding carboxylic acids is 1. The van der Waals surface area contributed by atoms with Gasteiger partial charge in [0.05, 0.1) is 18.9 Å². The van der Waals surface area contributed by atoms with Gasteiger partial charge in [-0.25, -0.2) is 21.6 Å². The van der Waals surface area contributed by atoms with Gasteiger partial charge in [-0.15, -0.1) is 0 Å². The molecule has 178 valence electrons. The molecule has 1 amide bonds. The van der Waals surface area contributed by atoms with Gasteiger partial charge in [0.15, 0.2) is 0 Å². The van der Waals surface area contributed by atoms with Gasteiger partial charge in [0.1, 0.15) is 22.3 Å². The summed E-state index contributed by atoms with van der Waals surface area (Å²) in [6.07, 6.45) is 0.409. The molecule has 2 heterocycles. The molecular weight excluding hydrogens is 459 g/mol. The molecule has 7 nitrogen and oxygen atoms in total. The number of anilines is 2. The minimum Gasteiger partial charge on any atom is -0.378 e. The molecule has 0 spiro atoms. The molecule has 0 unspecified atom stereocenters. The van der Waals surface area contributed by atoms with E-state index in [-0.39, 0.29) is 31.8 Å². The van der Waals surface area contributed by atoms with Gasteiger partial charge in [-0.2, -0.15) is 4.31 Å². The van der Waals surface area contributed by atoms with Crippen molar-refractivity contribution in [3.05, 3.63) is 53.8 Å². The first-order chi connectivity index (χ1) is 15.8. The molecule has 0 aromatic heterocycles. The molecule has 0 bridgehead atoms. The van der Waals surface area contributed by atoms with Crippen LogP contribution in [0.15, 0.2) is 41.3 Å². The molecule has 2 aromatic carbocycles. The van der Waals surface area contributed by atoms with E-state index in [0.717, 1.165) is 16.4 Å². The highest BCUT2D eigenvalue weighted by Gasteiger charge is 2.34. The minimum atomic E-state index is -4.22. The van der Waals surface area contributed by atoms with Crippen molar-refractivity contribution in [1.82, 2.24) is 4.31 Å². The topological polar surface area (TPSA) is 79.0 Å². The monoisotopic (exact) mass is 483 g/mol. The predicted molar refractivity (Wildman–Crippen MR) is 116 cm³/mol. The van der Waals surface area contributed by atoms with Crippen LogP contribution >= 0.6 is 0 Å². The first-order valence-electron chi connectivity index (χ1n) is 10.6. The summed E-state index contributed by atoms with van der Waals surface area (Å²) >= 11 is 0. The smallest absolute Gasteiger partial charge is 0.246 e. The van der Waals surface area contributed by atoms with Crippen LogP contribution in [-0.4, -0.2) is 58.0 Å². The van der Waals surface area contributed by atoms with Crippen molar-refractivity contribution < 1.29 is 31.1 Å². The first kappa shape index (κ1) is 23.5. The summed E-state index contributed by atoms with van der Waals surface area (Å²) in [5.41, 5.74) is 0.755. The summed E-state index contributed by atoms with van der Waals surface area (Å²) in [5.74, 6) is -3.17. The maximum atomic E-state index is 14.6. The van der Waals surface area contributed by atoms with Crippen LogP contribution in [0.3, 0.4) is 0 Å². The highest BCUT2D eigenvalue weighted by molar-refractivity contribution is 7.89. The van der Waals surface area contributed by atoms with Crippen LogP contribution in [0, 0.1) is 23.4 Å². The van der Waals surface area contributed by atoms with E-state index in [2.05, 4.69) is 5.32 Å². The molecule has 2 aliphatic heterocycles. The normalized spacial score (nSPS) is 18.3. The summed E-state index contributed by atoms with van der Waals surface area (Å²) in [6, 6.07) is 6.76. The van der Waals surface area contributed by atoms with Crippen LogP contribution in [-0.2, 0) is 19.6 Å². The number of piperidine rings is 1. The number of ether oxygens (including phenoxy) is 1. The van der Waals surface area contributed by atoms with Crippen LogP contribution in [0.4, 0.5) is 24.5 Å². The Labute approximate surface area is 190 Å². The lowest BCUT2D eigenvalue weighted by atomic mass is 9.97. The number of hydrogen-bond donors (Lipinski definition) is 1. The maximum Gasteiger partial charge on any atom is 0.246 e. The Kier molecular flexibility index (Phi) is 6.91. The van der Waals surface area contributed by atoms with Crippen molar-refractivity contribution in [2.45, 2.75) is 17.7 Å². The van der Waals surface area contributed by atoms with E-state index in [1.807, 2.05) is 4.90 Å². The third kappa shape index (κ3) is 5.15. The van der Waals surface area contributed by atoms with E-state index in [4.69, 9.17) is 4.74 Å². The molecule has 2 aliphatic rings. The van der Waals surface area contributed by atoms with Crippen molar-refractivity contribution in [3.63, 3.8) is 0 Å². The zero-order valence-corrected chi connectivity index (χ0v) is 18.6. The standard InChI is InChI=1S/C22H24F3N3O4S/c23-16-1-3-18(24)21(13-16)33(30,31)28-7-5-15(6-8-28)22(29)26-17-2-4-20(19(25)14-17)27-9-11-32-12-10-27/h1-4,13-15H,5-12H2,(H,26,29). The molecule has 2 saturated heterocycles. The lowest BCUT2D eigenvalue weighted by molar-refractivity contribution is -0.120. The Bertz CT molecular complexity index is 1130. The largest absolute Gasteiger partial charge is 0.378 e. The number of sulfonamides is 1. The van der Waals surface area contributed by atoms with E-state index in [0.29, 0.717) is 43.7 Å². The summed E-state index contributed by atoms with van der Waals surface area (Å²) in [4.78, 5) is 13.8. The van der Waals surface area contributed by atoms with Gasteiger partial charge in [-0.3, -0.25) is 4.79 Å². The third-order valence-corrected chi connectivity index (χ3v) is 7.82. The fourth-order valence-electron chi connectivity index (χ4n) is 4.06. The van der Waals surface area contributed by atoms with E-state index in [1.165, 1.54) is 6.07 Å². The number of hydrogen-bond acceptors (Lipinski definition) is 5. The molecular formula is C22H24F3N3O4S. The second-order valence-corrected chi connectivity index (χ2v) is 9.91. The number of carbonyl (C=O) groups is 1. The van der Waals surface area contributed by atoms with Crippen molar-refractivity contribution >= 4 is 27.3 Å². The lowest BCUT2D eigenvalue weighted by Crippen LogP contribution is -2.41. The Hall–Kier alpha value is -2.63. The number of morpholine rings is 1. The van der Waals surface area contributed by atoms with E-state index >= 15 is 0 Å². The molecule has 0 atom stereocenters. The Morgan fingerprint density at radius 2 is 1.64 bits per heavy atom. The first-order valence-corrected chi connectivity index (χ1v) is 12.1. The summed E-state index contributed by atoms with van der Waals surface area (Å²) in [7, 11) is -4.22. The summed E-state index contributed by atoms with van der Waals surface area (Å²) < 4.78 is 73.7. The Morgan fingerprint density at radius 3 is 2.30 bits per heavy atom. The van der Waals surface area contributed by atoms with Crippen molar-refractivity contribution in [2.24, 2.45) is 5.92 Å². The molecule has 0 aliphatic carbocycles. The average Bonchev–Trinajstić information content (AvgIpc) is 2.81. The van der Waals surface area contributed by atoms with Crippen LogP contribution < -0.4 is 10.2 Å². The molecule has 2 aromatic rings. The molecule has 0 radical (unpaired) electrons. The van der Waals surface area contributed by atoms with Gasteiger partial charge in [-0.1, -0.05) is 0 Å². The predicted octanol–water partition coefficient (Wildman–Crippen LogP) is 2.98. The van der Waals surface area contributed by atoms with E-state index in [9.17, 15) is 26.4 Å². The summed E-state index contributed by atoms with van der Waals surface area (Å²) in [5, 5.41) is 2.68. The van der Waals surface area contributed by atoms with Gasteiger partial charge in [0, 0.05) is 37.8 Å². The molecule has 2 fully saturated rings. The molecule has 0 saturated carbocycles. The van der Waals surface area contributed by atoms with Crippen LogP contribution in [0.2, 0.25) is 0 Å². The lowest BCUT2D eigenvalue weighted by Gasteiger charge is -2.31. The van der Waals surface area contributed by atoms with E-state index < -0.39 is 38.3 Å². The fraction of sp³-hybridized carbons (Fsp3) is 0.409. The van der Waals surface area contributed by atoms with Gasteiger partial charge in [-0.05, 0) is 49.2 Å². The number of benzene rings is 2. The van der Waals surface area contributed by atoms with Crippen molar-refractivity contribution in [3.8, 4) is 0 Å². The molecule has 1 N–H and O–H groups in total. The Morgan fingerprint density at radius 1 is 0.939 bits per heavy atom. The number of rotatable bonds is 5. The van der Waals surface area contributed by atoms with E-state index in [1.54, 1.807) is 12.1 Å². The number of nitrogens with zero attached hydrogens (tertiary/aromatic N) is 2.